The molecule has 0 aliphatic carbocycles. The lowest BCUT2D eigenvalue weighted by atomic mass is 10.0. The summed E-state index contributed by atoms with van der Waals surface area (Å²) >= 11 is 0. The van der Waals surface area contributed by atoms with Crippen LogP contribution < -0.4 is 10.2 Å². The molecule has 1 N–H and O–H groups in total. The molecular formula is C16H23N3. The molecule has 3 heteroatoms. The monoisotopic (exact) mass is 257 g/mol. The first-order valence-corrected chi connectivity index (χ1v) is 7.31. The zero-order chi connectivity index (χ0) is 13.5. The zero-order valence-electron chi connectivity index (χ0n) is 11.7. The molecule has 1 unspecified atom stereocenters. The second kappa shape index (κ2) is 7.16. The van der Waals surface area contributed by atoms with Crippen molar-refractivity contribution in [2.75, 3.05) is 24.5 Å². The Morgan fingerprint density at radius 1 is 1.42 bits per heavy atom. The van der Waals surface area contributed by atoms with Gasteiger partial charge in [-0.2, -0.15) is 5.26 Å². The van der Waals surface area contributed by atoms with Crippen molar-refractivity contribution in [1.29, 1.82) is 5.26 Å². The zero-order valence-corrected chi connectivity index (χ0v) is 11.7. The third-order valence-electron chi connectivity index (χ3n) is 3.69. The number of rotatable bonds is 6. The fourth-order valence-electron chi connectivity index (χ4n) is 2.66. The quantitative estimate of drug-likeness (QED) is 0.851. The van der Waals surface area contributed by atoms with Crippen LogP contribution in [0.5, 0.6) is 0 Å². The van der Waals surface area contributed by atoms with Gasteiger partial charge in [0.15, 0.2) is 0 Å². The lowest BCUT2D eigenvalue weighted by Crippen LogP contribution is -2.36. The first-order chi connectivity index (χ1) is 9.35. The number of nitrogens with zero attached hydrogens (tertiary/aromatic N) is 2. The third kappa shape index (κ3) is 3.71. The molecule has 0 aromatic heterocycles. The van der Waals surface area contributed by atoms with Gasteiger partial charge in [0.05, 0.1) is 12.1 Å². The van der Waals surface area contributed by atoms with Gasteiger partial charge in [0, 0.05) is 18.8 Å². The molecule has 19 heavy (non-hydrogen) atoms. The summed E-state index contributed by atoms with van der Waals surface area (Å²) in [6, 6.07) is 11.0. The highest BCUT2D eigenvalue weighted by Crippen LogP contribution is 2.26. The predicted octanol–water partition coefficient (Wildman–Crippen LogP) is 2.72. The van der Waals surface area contributed by atoms with E-state index in [1.807, 2.05) is 0 Å². The minimum Gasteiger partial charge on any atom is -0.371 e. The molecule has 0 saturated heterocycles. The summed E-state index contributed by atoms with van der Waals surface area (Å²) in [6.07, 6.45) is 4.37. The van der Waals surface area contributed by atoms with Gasteiger partial charge in [-0.1, -0.05) is 25.1 Å². The summed E-state index contributed by atoms with van der Waals surface area (Å²) in [7, 11) is 0. The van der Waals surface area contributed by atoms with E-state index in [0.717, 1.165) is 32.5 Å². The van der Waals surface area contributed by atoms with Crippen LogP contribution in [0.2, 0.25) is 0 Å². The second-order valence-electron chi connectivity index (χ2n) is 5.14. The third-order valence-corrected chi connectivity index (χ3v) is 3.69. The van der Waals surface area contributed by atoms with E-state index in [1.54, 1.807) is 0 Å². The van der Waals surface area contributed by atoms with Crippen LogP contribution in [0.1, 0.15) is 31.7 Å². The van der Waals surface area contributed by atoms with Crippen LogP contribution in [-0.2, 0) is 6.42 Å². The number of hydrogen-bond acceptors (Lipinski definition) is 3. The van der Waals surface area contributed by atoms with Crippen molar-refractivity contribution in [3.8, 4) is 6.07 Å². The van der Waals surface area contributed by atoms with Crippen LogP contribution >= 0.6 is 0 Å². The molecule has 1 aliphatic rings. The lowest BCUT2D eigenvalue weighted by molar-refractivity contribution is 0.547. The van der Waals surface area contributed by atoms with Gasteiger partial charge < -0.3 is 10.2 Å². The number of nitriles is 1. The van der Waals surface area contributed by atoms with Gasteiger partial charge in [0.2, 0.25) is 0 Å². The highest BCUT2D eigenvalue weighted by atomic mass is 15.1. The van der Waals surface area contributed by atoms with E-state index in [4.69, 9.17) is 5.26 Å². The van der Waals surface area contributed by atoms with Crippen molar-refractivity contribution in [2.24, 2.45) is 0 Å². The normalized spacial score (nSPS) is 15.7. The molecule has 0 bridgehead atoms. The van der Waals surface area contributed by atoms with Crippen molar-refractivity contribution in [1.82, 2.24) is 5.32 Å². The molecule has 1 heterocycles. The Kier molecular flexibility index (Phi) is 5.23. The SMILES string of the molecule is CCCNC(C#N)CCN1CCCc2ccccc21. The molecule has 0 radical (unpaired) electrons. The second-order valence-corrected chi connectivity index (χ2v) is 5.14. The first-order valence-electron chi connectivity index (χ1n) is 7.31. The summed E-state index contributed by atoms with van der Waals surface area (Å²) < 4.78 is 0. The summed E-state index contributed by atoms with van der Waals surface area (Å²) in [4.78, 5) is 2.43. The smallest absolute Gasteiger partial charge is 0.0969 e. The number of benzene rings is 1. The molecule has 2 rings (SSSR count). The number of anilines is 1. The van der Waals surface area contributed by atoms with Gasteiger partial charge in [-0.15, -0.1) is 0 Å². The van der Waals surface area contributed by atoms with E-state index in [2.05, 4.69) is 47.5 Å². The Bertz CT molecular complexity index is 436. The van der Waals surface area contributed by atoms with E-state index in [0.29, 0.717) is 0 Å². The fraction of sp³-hybridized carbons (Fsp3) is 0.562. The number of aryl methyl sites for hydroxylation is 1. The average molecular weight is 257 g/mol. The van der Waals surface area contributed by atoms with Gasteiger partial charge in [-0.25, -0.2) is 0 Å². The highest BCUT2D eigenvalue weighted by Gasteiger charge is 2.17. The maximum absolute atomic E-state index is 9.15. The highest BCUT2D eigenvalue weighted by molar-refractivity contribution is 5.55. The molecular weight excluding hydrogens is 234 g/mol. The number of para-hydroxylation sites is 1. The van der Waals surface area contributed by atoms with Crippen LogP contribution in [0.15, 0.2) is 24.3 Å². The Hall–Kier alpha value is -1.53. The molecule has 0 amide bonds. The fourth-order valence-corrected chi connectivity index (χ4v) is 2.66. The summed E-state index contributed by atoms with van der Waals surface area (Å²) in [5, 5.41) is 12.4. The first kappa shape index (κ1) is 13.9. The molecule has 1 aliphatic heterocycles. The van der Waals surface area contributed by atoms with Crippen LogP contribution in [0.25, 0.3) is 0 Å². The van der Waals surface area contributed by atoms with Gasteiger partial charge in [0.25, 0.3) is 0 Å². The van der Waals surface area contributed by atoms with Crippen LogP contribution in [0.3, 0.4) is 0 Å². The Morgan fingerprint density at radius 3 is 3.05 bits per heavy atom. The molecule has 0 saturated carbocycles. The van der Waals surface area contributed by atoms with Crippen LogP contribution in [0.4, 0.5) is 5.69 Å². The standard InChI is InChI=1S/C16H23N3/c1-2-10-18-15(13-17)9-12-19-11-5-7-14-6-3-4-8-16(14)19/h3-4,6,8,15,18H,2,5,7,9-12H2,1H3. The van der Waals surface area contributed by atoms with Crippen LogP contribution in [0, 0.1) is 11.3 Å². The molecule has 1 aromatic carbocycles. The Labute approximate surface area is 116 Å². The van der Waals surface area contributed by atoms with Crippen molar-refractivity contribution < 1.29 is 0 Å². The molecule has 0 spiro atoms. The molecule has 1 atom stereocenters. The maximum atomic E-state index is 9.15. The van der Waals surface area contributed by atoms with Gasteiger partial charge in [0.1, 0.15) is 0 Å². The molecule has 0 fully saturated rings. The average Bonchev–Trinajstić information content (AvgIpc) is 2.47. The molecule has 3 nitrogen and oxygen atoms in total. The van der Waals surface area contributed by atoms with E-state index < -0.39 is 0 Å². The van der Waals surface area contributed by atoms with Crippen molar-refractivity contribution in [3.05, 3.63) is 29.8 Å². The van der Waals surface area contributed by atoms with Crippen molar-refractivity contribution in [3.63, 3.8) is 0 Å². The maximum Gasteiger partial charge on any atom is 0.0969 e. The minimum atomic E-state index is -0.0194. The van der Waals surface area contributed by atoms with E-state index in [-0.39, 0.29) is 6.04 Å². The van der Waals surface area contributed by atoms with Gasteiger partial charge in [-0.05, 0) is 43.9 Å². The van der Waals surface area contributed by atoms with E-state index in [1.165, 1.54) is 24.1 Å². The lowest BCUT2D eigenvalue weighted by Gasteiger charge is -2.31. The van der Waals surface area contributed by atoms with E-state index >= 15 is 0 Å². The largest absolute Gasteiger partial charge is 0.371 e. The number of nitrogens with one attached hydrogen (secondary N) is 1. The molecule has 1 aromatic rings. The van der Waals surface area contributed by atoms with Gasteiger partial charge >= 0.3 is 0 Å². The Balaban J connectivity index is 1.92. The van der Waals surface area contributed by atoms with Crippen molar-refractivity contribution >= 4 is 5.69 Å². The van der Waals surface area contributed by atoms with Gasteiger partial charge in [-0.3, -0.25) is 0 Å². The van der Waals surface area contributed by atoms with E-state index in [9.17, 15) is 0 Å². The summed E-state index contributed by atoms with van der Waals surface area (Å²) in [5.41, 5.74) is 2.81. The van der Waals surface area contributed by atoms with Crippen molar-refractivity contribution in [2.45, 2.75) is 38.6 Å². The summed E-state index contributed by atoms with van der Waals surface area (Å²) in [5.74, 6) is 0. The summed E-state index contributed by atoms with van der Waals surface area (Å²) in [6.45, 7) is 5.13. The Morgan fingerprint density at radius 2 is 2.26 bits per heavy atom. The minimum absolute atomic E-state index is 0.0194. The van der Waals surface area contributed by atoms with Crippen LogP contribution in [-0.4, -0.2) is 25.7 Å². The molecule has 102 valence electrons. The number of fused-ring (bicyclic) bond motifs is 1. The predicted molar refractivity (Wildman–Crippen MR) is 79.3 cm³/mol. The number of hydrogen-bond donors (Lipinski definition) is 1. The topological polar surface area (TPSA) is 39.1 Å².